The summed E-state index contributed by atoms with van der Waals surface area (Å²) in [7, 11) is 0. The molecule has 2 aromatic heterocycles. The SMILES string of the molecule is C#COc1ccccc1-c1nc2c(CCC)nc(C)n2c(=O)[nH]1. The quantitative estimate of drug-likeness (QED) is 0.751. The van der Waals surface area contributed by atoms with E-state index in [0.717, 1.165) is 18.5 Å². The molecule has 3 rings (SSSR count). The largest absolute Gasteiger partial charge is 0.407 e. The molecule has 0 saturated heterocycles. The van der Waals surface area contributed by atoms with Gasteiger partial charge in [0.2, 0.25) is 0 Å². The van der Waals surface area contributed by atoms with E-state index in [0.29, 0.717) is 28.6 Å². The molecule has 0 unspecified atom stereocenters. The van der Waals surface area contributed by atoms with E-state index in [9.17, 15) is 4.79 Å². The topological polar surface area (TPSA) is 72.3 Å². The molecule has 23 heavy (non-hydrogen) atoms. The summed E-state index contributed by atoms with van der Waals surface area (Å²) in [5.41, 5.74) is 1.73. The van der Waals surface area contributed by atoms with E-state index in [1.807, 2.05) is 6.07 Å². The summed E-state index contributed by atoms with van der Waals surface area (Å²) in [5, 5.41) is 0. The molecule has 1 aromatic carbocycles. The van der Waals surface area contributed by atoms with Gasteiger partial charge in [-0.15, -0.1) is 0 Å². The molecule has 0 aliphatic rings. The van der Waals surface area contributed by atoms with Crippen molar-refractivity contribution >= 4 is 5.65 Å². The van der Waals surface area contributed by atoms with Crippen LogP contribution in [0.25, 0.3) is 17.0 Å². The van der Waals surface area contributed by atoms with Crippen molar-refractivity contribution in [2.75, 3.05) is 0 Å². The first-order chi connectivity index (χ1) is 11.2. The number of terminal acetylenes is 1. The number of aromatic nitrogens is 4. The van der Waals surface area contributed by atoms with Crippen molar-refractivity contribution in [3.8, 4) is 29.7 Å². The molecule has 6 heteroatoms. The van der Waals surface area contributed by atoms with Crippen molar-refractivity contribution < 1.29 is 4.74 Å². The highest BCUT2D eigenvalue weighted by atomic mass is 16.5. The molecular weight excluding hydrogens is 292 g/mol. The van der Waals surface area contributed by atoms with Crippen molar-refractivity contribution in [3.63, 3.8) is 0 Å². The zero-order chi connectivity index (χ0) is 16.4. The number of rotatable bonds is 4. The maximum absolute atomic E-state index is 12.4. The van der Waals surface area contributed by atoms with Gasteiger partial charge in [0.05, 0.1) is 11.3 Å². The number of nitrogens with one attached hydrogen (secondary N) is 1. The van der Waals surface area contributed by atoms with E-state index in [2.05, 4.69) is 28.0 Å². The standard InChI is InChI=1S/C17H16N4O2/c1-4-8-13-16-19-15(20-17(22)21(16)11(3)18-13)12-9-6-7-10-14(12)23-5-2/h2,6-7,9-10H,4,8H2,1,3H3,(H,19,20,22). The number of aryl methyl sites for hydroxylation is 2. The fourth-order valence-corrected chi connectivity index (χ4v) is 2.57. The van der Waals surface area contributed by atoms with Crippen LogP contribution >= 0.6 is 0 Å². The first-order valence-corrected chi connectivity index (χ1v) is 7.35. The second kappa shape index (κ2) is 5.97. The van der Waals surface area contributed by atoms with E-state index in [4.69, 9.17) is 11.2 Å². The molecule has 0 atom stereocenters. The minimum Gasteiger partial charge on any atom is -0.407 e. The van der Waals surface area contributed by atoms with Gasteiger partial charge >= 0.3 is 5.69 Å². The van der Waals surface area contributed by atoms with Crippen LogP contribution in [0.2, 0.25) is 0 Å². The predicted octanol–water partition coefficient (Wildman–Crippen LogP) is 2.32. The van der Waals surface area contributed by atoms with Gasteiger partial charge in [0, 0.05) is 0 Å². The monoisotopic (exact) mass is 308 g/mol. The zero-order valence-corrected chi connectivity index (χ0v) is 13.0. The summed E-state index contributed by atoms with van der Waals surface area (Å²) in [5.74, 6) is 1.50. The van der Waals surface area contributed by atoms with Crippen LogP contribution < -0.4 is 10.4 Å². The lowest BCUT2D eigenvalue weighted by Crippen LogP contribution is -2.19. The van der Waals surface area contributed by atoms with Gasteiger partial charge in [-0.05, 0) is 25.5 Å². The molecule has 0 fully saturated rings. The minimum absolute atomic E-state index is 0.284. The van der Waals surface area contributed by atoms with Crippen molar-refractivity contribution in [1.82, 2.24) is 19.4 Å². The number of para-hydroxylation sites is 1. The van der Waals surface area contributed by atoms with Crippen LogP contribution in [0.1, 0.15) is 24.9 Å². The van der Waals surface area contributed by atoms with Gasteiger partial charge in [-0.1, -0.05) is 31.9 Å². The van der Waals surface area contributed by atoms with Gasteiger partial charge < -0.3 is 4.74 Å². The Morgan fingerprint density at radius 3 is 2.87 bits per heavy atom. The lowest BCUT2D eigenvalue weighted by molar-refractivity contribution is 0.522. The third kappa shape index (κ3) is 2.57. The van der Waals surface area contributed by atoms with E-state index >= 15 is 0 Å². The predicted molar refractivity (Wildman–Crippen MR) is 87.2 cm³/mol. The summed E-state index contributed by atoms with van der Waals surface area (Å²) in [6, 6.07) is 7.16. The van der Waals surface area contributed by atoms with Crippen molar-refractivity contribution in [2.24, 2.45) is 0 Å². The fraction of sp³-hybridized carbons (Fsp3) is 0.235. The highest BCUT2D eigenvalue weighted by molar-refractivity contribution is 5.66. The number of H-pyrrole nitrogens is 1. The third-order valence-corrected chi connectivity index (χ3v) is 3.53. The molecular formula is C17H16N4O2. The molecule has 116 valence electrons. The van der Waals surface area contributed by atoms with Gasteiger partial charge in [0.15, 0.2) is 11.4 Å². The first kappa shape index (κ1) is 14.9. The average Bonchev–Trinajstić information content (AvgIpc) is 2.85. The van der Waals surface area contributed by atoms with Gasteiger partial charge in [-0.25, -0.2) is 19.2 Å². The number of benzene rings is 1. The van der Waals surface area contributed by atoms with Crippen molar-refractivity contribution in [3.05, 3.63) is 46.3 Å². The van der Waals surface area contributed by atoms with E-state index in [1.54, 1.807) is 25.1 Å². The average molecular weight is 308 g/mol. The number of ether oxygens (including phenoxy) is 1. The summed E-state index contributed by atoms with van der Waals surface area (Å²) < 4.78 is 6.65. The van der Waals surface area contributed by atoms with E-state index < -0.39 is 0 Å². The summed E-state index contributed by atoms with van der Waals surface area (Å²) >= 11 is 0. The highest BCUT2D eigenvalue weighted by Crippen LogP contribution is 2.27. The number of hydrogen-bond acceptors (Lipinski definition) is 4. The molecule has 2 heterocycles. The summed E-state index contributed by atoms with van der Waals surface area (Å²) in [4.78, 5) is 24.2. The Balaban J connectivity index is 2.26. The fourth-order valence-electron chi connectivity index (χ4n) is 2.57. The third-order valence-electron chi connectivity index (χ3n) is 3.53. The van der Waals surface area contributed by atoms with E-state index in [-0.39, 0.29) is 5.69 Å². The molecule has 0 bridgehead atoms. The van der Waals surface area contributed by atoms with Crippen molar-refractivity contribution in [2.45, 2.75) is 26.7 Å². The van der Waals surface area contributed by atoms with Crippen LogP contribution in [-0.2, 0) is 6.42 Å². The summed E-state index contributed by atoms with van der Waals surface area (Å²) in [6.07, 6.45) is 9.04. The number of hydrogen-bond donors (Lipinski definition) is 1. The van der Waals surface area contributed by atoms with Gasteiger partial charge in [0.25, 0.3) is 0 Å². The maximum atomic E-state index is 12.4. The van der Waals surface area contributed by atoms with Crippen molar-refractivity contribution in [1.29, 1.82) is 0 Å². The Morgan fingerprint density at radius 2 is 2.13 bits per heavy atom. The molecule has 0 spiro atoms. The second-order valence-corrected chi connectivity index (χ2v) is 5.12. The minimum atomic E-state index is -0.284. The molecule has 0 aliphatic heterocycles. The molecule has 1 N–H and O–H groups in total. The molecule has 0 amide bonds. The lowest BCUT2D eigenvalue weighted by Gasteiger charge is -2.07. The highest BCUT2D eigenvalue weighted by Gasteiger charge is 2.15. The Labute approximate surface area is 133 Å². The summed E-state index contributed by atoms with van der Waals surface area (Å²) in [6.45, 7) is 3.85. The maximum Gasteiger partial charge on any atom is 0.334 e. The zero-order valence-electron chi connectivity index (χ0n) is 13.0. The number of fused-ring (bicyclic) bond motifs is 1. The van der Waals surface area contributed by atoms with Gasteiger partial charge in [-0.3, -0.25) is 4.98 Å². The molecule has 6 nitrogen and oxygen atoms in total. The Kier molecular flexibility index (Phi) is 3.85. The number of aromatic amines is 1. The molecule has 0 saturated carbocycles. The second-order valence-electron chi connectivity index (χ2n) is 5.12. The van der Waals surface area contributed by atoms with Gasteiger partial charge in [-0.2, -0.15) is 0 Å². The Morgan fingerprint density at radius 1 is 1.35 bits per heavy atom. The number of nitrogens with zero attached hydrogens (tertiary/aromatic N) is 3. The Bertz CT molecular complexity index is 963. The molecule has 3 aromatic rings. The molecule has 0 aliphatic carbocycles. The lowest BCUT2D eigenvalue weighted by atomic mass is 10.2. The normalized spacial score (nSPS) is 10.7. The van der Waals surface area contributed by atoms with Crippen LogP contribution in [0.3, 0.4) is 0 Å². The first-order valence-electron chi connectivity index (χ1n) is 7.35. The van der Waals surface area contributed by atoms with Crippen LogP contribution in [-0.4, -0.2) is 19.4 Å². The Hall–Kier alpha value is -3.07. The van der Waals surface area contributed by atoms with Crippen LogP contribution in [0.15, 0.2) is 29.1 Å². The smallest absolute Gasteiger partial charge is 0.334 e. The molecule has 0 radical (unpaired) electrons. The van der Waals surface area contributed by atoms with Crippen LogP contribution in [0.5, 0.6) is 5.75 Å². The number of imidazole rings is 1. The van der Waals surface area contributed by atoms with Crippen LogP contribution in [0.4, 0.5) is 0 Å². The van der Waals surface area contributed by atoms with Crippen LogP contribution in [0, 0.1) is 19.5 Å². The van der Waals surface area contributed by atoms with Gasteiger partial charge in [0.1, 0.15) is 17.8 Å². The van der Waals surface area contributed by atoms with E-state index in [1.165, 1.54) is 4.40 Å².